The molecule has 2 aliphatic rings. The summed E-state index contributed by atoms with van der Waals surface area (Å²) in [6.07, 6.45) is 8.94. The molecule has 0 amide bonds. The second-order valence-electron chi connectivity index (χ2n) is 7.34. The first-order valence-electron chi connectivity index (χ1n) is 8.92. The van der Waals surface area contributed by atoms with Crippen molar-refractivity contribution in [2.24, 2.45) is 0 Å². The monoisotopic (exact) mass is 364 g/mol. The molecule has 2 heterocycles. The number of nitrogens with zero attached hydrogens (tertiary/aromatic N) is 3. The number of hydrogen-bond acceptors (Lipinski definition) is 5. The lowest BCUT2D eigenvalue weighted by Crippen LogP contribution is -2.36. The SMILES string of the molecule is CN(C)[C@H]1CC[C@H](Nc2ncnc3sc4c(c23)C(CCl)CC4)CC1. The first kappa shape index (κ1) is 16.6. The average molecular weight is 365 g/mol. The third kappa shape index (κ3) is 2.91. The Morgan fingerprint density at radius 2 is 2.00 bits per heavy atom. The molecule has 1 unspecified atom stereocenters. The molecule has 24 heavy (non-hydrogen) atoms. The predicted molar refractivity (Wildman–Crippen MR) is 103 cm³/mol. The van der Waals surface area contributed by atoms with Crippen LogP contribution in [0.1, 0.15) is 48.5 Å². The Balaban J connectivity index is 1.59. The van der Waals surface area contributed by atoms with Crippen LogP contribution in [0.2, 0.25) is 0 Å². The van der Waals surface area contributed by atoms with Gasteiger partial charge in [0.15, 0.2) is 0 Å². The quantitative estimate of drug-likeness (QED) is 0.823. The number of aromatic nitrogens is 2. The maximum absolute atomic E-state index is 6.22. The van der Waals surface area contributed by atoms with Crippen LogP contribution in [0.3, 0.4) is 0 Å². The summed E-state index contributed by atoms with van der Waals surface area (Å²) in [7, 11) is 4.38. The standard InChI is InChI=1S/C18H25ClN4S/c1-23(2)13-6-4-12(5-7-13)22-17-16-15-11(9-19)3-8-14(15)24-18(16)21-10-20-17/h10-13H,3-9H2,1-2H3,(H,20,21,22)/t11?,12-,13-. The van der Waals surface area contributed by atoms with Gasteiger partial charge in [-0.3, -0.25) is 0 Å². The third-order valence-corrected chi connectivity index (χ3v) is 7.23. The number of halogens is 1. The Bertz CT molecular complexity index is 721. The molecule has 2 aromatic rings. The number of thiophene rings is 1. The summed E-state index contributed by atoms with van der Waals surface area (Å²) in [6.45, 7) is 0. The van der Waals surface area contributed by atoms with Crippen LogP contribution in [0.25, 0.3) is 10.2 Å². The molecule has 6 heteroatoms. The number of hydrogen-bond donors (Lipinski definition) is 1. The molecule has 0 aromatic carbocycles. The molecule has 0 aliphatic heterocycles. The van der Waals surface area contributed by atoms with E-state index in [0.29, 0.717) is 17.8 Å². The highest BCUT2D eigenvalue weighted by atomic mass is 35.5. The van der Waals surface area contributed by atoms with Crippen molar-refractivity contribution in [1.29, 1.82) is 0 Å². The molecule has 130 valence electrons. The molecule has 0 saturated heterocycles. The Labute approximate surface area is 152 Å². The number of aryl methyl sites for hydroxylation is 1. The van der Waals surface area contributed by atoms with Crippen LogP contribution >= 0.6 is 22.9 Å². The highest BCUT2D eigenvalue weighted by molar-refractivity contribution is 7.19. The normalized spacial score (nSPS) is 26.9. The van der Waals surface area contributed by atoms with E-state index in [4.69, 9.17) is 11.6 Å². The highest BCUT2D eigenvalue weighted by Crippen LogP contribution is 2.45. The Morgan fingerprint density at radius 3 is 2.71 bits per heavy atom. The first-order chi connectivity index (χ1) is 11.7. The number of alkyl halides is 1. The molecular formula is C18H25ClN4S. The zero-order valence-corrected chi connectivity index (χ0v) is 16.0. The van der Waals surface area contributed by atoms with E-state index in [0.717, 1.165) is 23.1 Å². The van der Waals surface area contributed by atoms with E-state index in [9.17, 15) is 0 Å². The van der Waals surface area contributed by atoms with Gasteiger partial charge < -0.3 is 10.2 Å². The summed E-state index contributed by atoms with van der Waals surface area (Å²) >= 11 is 8.05. The fourth-order valence-corrected chi connectivity index (χ4v) is 5.81. The topological polar surface area (TPSA) is 41.0 Å². The van der Waals surface area contributed by atoms with Gasteiger partial charge in [-0.15, -0.1) is 22.9 Å². The zero-order chi connectivity index (χ0) is 16.7. The molecule has 1 fully saturated rings. The molecular weight excluding hydrogens is 340 g/mol. The number of fused-ring (bicyclic) bond motifs is 3. The van der Waals surface area contributed by atoms with Crippen LogP contribution in [-0.2, 0) is 6.42 Å². The van der Waals surface area contributed by atoms with Gasteiger partial charge in [-0.05, 0) is 64.1 Å². The van der Waals surface area contributed by atoms with Gasteiger partial charge in [0.25, 0.3) is 0 Å². The van der Waals surface area contributed by atoms with E-state index in [-0.39, 0.29) is 0 Å². The molecule has 1 atom stereocenters. The molecule has 2 aliphatic carbocycles. The van der Waals surface area contributed by atoms with Gasteiger partial charge in [-0.2, -0.15) is 0 Å². The maximum Gasteiger partial charge on any atom is 0.138 e. The van der Waals surface area contributed by atoms with Crippen LogP contribution in [0.15, 0.2) is 6.33 Å². The van der Waals surface area contributed by atoms with Crippen LogP contribution in [-0.4, -0.2) is 46.9 Å². The number of nitrogens with one attached hydrogen (secondary N) is 1. The largest absolute Gasteiger partial charge is 0.367 e. The van der Waals surface area contributed by atoms with Crippen molar-refractivity contribution < 1.29 is 0 Å². The van der Waals surface area contributed by atoms with Gasteiger partial charge in [0, 0.05) is 22.8 Å². The fraction of sp³-hybridized carbons (Fsp3) is 0.667. The van der Waals surface area contributed by atoms with Crippen LogP contribution in [0.5, 0.6) is 0 Å². The molecule has 4 nitrogen and oxygen atoms in total. The minimum absolute atomic E-state index is 0.464. The summed E-state index contributed by atoms with van der Waals surface area (Å²) in [5, 5.41) is 4.98. The Morgan fingerprint density at radius 1 is 1.21 bits per heavy atom. The minimum Gasteiger partial charge on any atom is -0.367 e. The molecule has 1 N–H and O–H groups in total. The van der Waals surface area contributed by atoms with Crippen molar-refractivity contribution in [3.8, 4) is 0 Å². The van der Waals surface area contributed by atoms with Crippen LogP contribution in [0.4, 0.5) is 5.82 Å². The lowest BCUT2D eigenvalue weighted by atomic mass is 9.90. The number of anilines is 1. The second-order valence-corrected chi connectivity index (χ2v) is 8.74. The highest BCUT2D eigenvalue weighted by Gasteiger charge is 2.30. The van der Waals surface area contributed by atoms with E-state index in [1.54, 1.807) is 6.33 Å². The van der Waals surface area contributed by atoms with Gasteiger partial charge in [-0.1, -0.05) is 0 Å². The van der Waals surface area contributed by atoms with Crippen molar-refractivity contribution in [1.82, 2.24) is 14.9 Å². The van der Waals surface area contributed by atoms with E-state index in [2.05, 4.69) is 34.3 Å². The van der Waals surface area contributed by atoms with Crippen molar-refractivity contribution in [3.63, 3.8) is 0 Å². The maximum atomic E-state index is 6.22. The summed E-state index contributed by atoms with van der Waals surface area (Å²) in [5.74, 6) is 2.19. The van der Waals surface area contributed by atoms with Gasteiger partial charge in [0.05, 0.1) is 5.39 Å². The smallest absolute Gasteiger partial charge is 0.138 e. The molecule has 2 aromatic heterocycles. The van der Waals surface area contributed by atoms with Crippen LogP contribution < -0.4 is 5.32 Å². The molecule has 0 radical (unpaired) electrons. The van der Waals surface area contributed by atoms with Crippen LogP contribution in [0, 0.1) is 0 Å². The minimum atomic E-state index is 0.464. The van der Waals surface area contributed by atoms with E-state index >= 15 is 0 Å². The zero-order valence-electron chi connectivity index (χ0n) is 14.4. The van der Waals surface area contributed by atoms with Gasteiger partial charge in [0.1, 0.15) is 17.0 Å². The molecule has 4 rings (SSSR count). The average Bonchev–Trinajstić information content (AvgIpc) is 3.14. The summed E-state index contributed by atoms with van der Waals surface area (Å²) in [5.41, 5.74) is 1.43. The predicted octanol–water partition coefficient (Wildman–Crippen LogP) is 4.24. The Hall–Kier alpha value is -0.910. The molecule has 1 saturated carbocycles. The summed E-state index contributed by atoms with van der Waals surface area (Å²) < 4.78 is 0. The van der Waals surface area contributed by atoms with E-state index in [1.807, 2.05) is 11.3 Å². The lowest BCUT2D eigenvalue weighted by molar-refractivity contribution is 0.221. The second kappa shape index (κ2) is 6.77. The van der Waals surface area contributed by atoms with Crippen molar-refractivity contribution in [2.45, 2.75) is 56.5 Å². The lowest BCUT2D eigenvalue weighted by Gasteiger charge is -2.33. The van der Waals surface area contributed by atoms with Gasteiger partial charge in [0.2, 0.25) is 0 Å². The van der Waals surface area contributed by atoms with Gasteiger partial charge in [-0.25, -0.2) is 9.97 Å². The summed E-state index contributed by atoms with van der Waals surface area (Å²) in [6, 6.07) is 1.24. The molecule has 0 bridgehead atoms. The first-order valence-corrected chi connectivity index (χ1v) is 10.3. The summed E-state index contributed by atoms with van der Waals surface area (Å²) in [4.78, 5) is 14.1. The van der Waals surface area contributed by atoms with Crippen molar-refractivity contribution in [3.05, 3.63) is 16.8 Å². The third-order valence-electron chi connectivity index (χ3n) is 5.68. The Kier molecular flexibility index (Phi) is 4.67. The van der Waals surface area contributed by atoms with Gasteiger partial charge >= 0.3 is 0 Å². The molecule has 0 spiro atoms. The fourth-order valence-electron chi connectivity index (χ4n) is 4.26. The van der Waals surface area contributed by atoms with E-state index < -0.39 is 0 Å². The number of rotatable bonds is 4. The van der Waals surface area contributed by atoms with Crippen molar-refractivity contribution >= 4 is 39.0 Å². The van der Waals surface area contributed by atoms with Crippen molar-refractivity contribution in [2.75, 3.05) is 25.3 Å². The van der Waals surface area contributed by atoms with E-state index in [1.165, 1.54) is 47.9 Å².